The molecule has 1 N–H and O–H groups in total. The Labute approximate surface area is 76.3 Å². The van der Waals surface area contributed by atoms with E-state index < -0.39 is 0 Å². The molecule has 0 amide bonds. The molecule has 1 heterocycles. The molecule has 1 unspecified atom stereocenters. The summed E-state index contributed by atoms with van der Waals surface area (Å²) in [4.78, 5) is 5.86. The first-order valence-corrected chi connectivity index (χ1v) is 5.17. The summed E-state index contributed by atoms with van der Waals surface area (Å²) in [5, 5.41) is 10.2. The van der Waals surface area contributed by atoms with Crippen molar-refractivity contribution in [2.24, 2.45) is 5.92 Å². The molecule has 0 saturated heterocycles. The molecule has 1 aliphatic carbocycles. The van der Waals surface area contributed by atoms with Crippen molar-refractivity contribution in [3.63, 3.8) is 0 Å². The molecule has 0 spiro atoms. The molecule has 0 aliphatic heterocycles. The average molecular weight is 183 g/mol. The van der Waals surface area contributed by atoms with Crippen molar-refractivity contribution in [3.05, 3.63) is 15.6 Å². The van der Waals surface area contributed by atoms with Gasteiger partial charge in [0.2, 0.25) is 0 Å². The fourth-order valence-corrected chi connectivity index (χ4v) is 2.83. The highest BCUT2D eigenvalue weighted by Crippen LogP contribution is 2.29. The number of nitrogens with zero attached hydrogens (tertiary/aromatic N) is 1. The highest BCUT2D eigenvalue weighted by atomic mass is 32.1. The molecular weight excluding hydrogens is 170 g/mol. The lowest BCUT2D eigenvalue weighted by Gasteiger charge is -2.18. The van der Waals surface area contributed by atoms with E-state index in [-0.39, 0.29) is 0 Å². The molecule has 12 heavy (non-hydrogen) atoms. The maximum Gasteiger partial charge on any atom is 0.0900 e. The van der Waals surface area contributed by atoms with Crippen molar-refractivity contribution in [2.75, 3.05) is 6.61 Å². The van der Waals surface area contributed by atoms with Gasteiger partial charge in [-0.25, -0.2) is 4.98 Å². The molecule has 2 nitrogen and oxygen atoms in total. The predicted octanol–water partition coefficient (Wildman–Crippen LogP) is 1.55. The second-order valence-electron chi connectivity index (χ2n) is 3.39. The van der Waals surface area contributed by atoms with Gasteiger partial charge in [-0.2, -0.15) is 0 Å². The van der Waals surface area contributed by atoms with E-state index in [2.05, 4.69) is 11.9 Å². The first-order valence-electron chi connectivity index (χ1n) is 4.35. The molecular formula is C9H13NOS. The van der Waals surface area contributed by atoms with Gasteiger partial charge >= 0.3 is 0 Å². The first-order chi connectivity index (χ1) is 5.79. The molecule has 0 fully saturated rings. The Morgan fingerprint density at radius 2 is 2.50 bits per heavy atom. The molecule has 0 radical (unpaired) electrons. The zero-order valence-corrected chi connectivity index (χ0v) is 8.02. The molecule has 0 aromatic carbocycles. The summed E-state index contributed by atoms with van der Waals surface area (Å²) in [6.45, 7) is 2.38. The summed E-state index contributed by atoms with van der Waals surface area (Å²) >= 11 is 1.79. The lowest BCUT2D eigenvalue weighted by atomic mass is 9.92. The normalized spacial score (nSPS) is 22.3. The van der Waals surface area contributed by atoms with Gasteiger partial charge in [-0.1, -0.05) is 0 Å². The minimum Gasteiger partial charge on any atom is -0.396 e. The van der Waals surface area contributed by atoms with E-state index in [1.54, 1.807) is 11.3 Å². The van der Waals surface area contributed by atoms with Gasteiger partial charge in [-0.3, -0.25) is 0 Å². The minimum atomic E-state index is 0.330. The van der Waals surface area contributed by atoms with Gasteiger partial charge in [0.05, 0.1) is 10.7 Å². The lowest BCUT2D eigenvalue weighted by molar-refractivity contribution is 0.214. The van der Waals surface area contributed by atoms with Crippen LogP contribution in [0.2, 0.25) is 0 Å². The van der Waals surface area contributed by atoms with Crippen LogP contribution in [0.4, 0.5) is 0 Å². The Hall–Kier alpha value is -0.410. The fraction of sp³-hybridized carbons (Fsp3) is 0.667. The van der Waals surface area contributed by atoms with Crippen LogP contribution in [0.3, 0.4) is 0 Å². The Morgan fingerprint density at radius 1 is 1.67 bits per heavy atom. The molecule has 3 heteroatoms. The van der Waals surface area contributed by atoms with Crippen LogP contribution in [-0.4, -0.2) is 16.7 Å². The van der Waals surface area contributed by atoms with E-state index in [0.717, 1.165) is 19.3 Å². The van der Waals surface area contributed by atoms with E-state index in [0.29, 0.717) is 12.5 Å². The number of thiazole rings is 1. The highest BCUT2D eigenvalue weighted by Gasteiger charge is 2.20. The third-order valence-electron chi connectivity index (χ3n) is 2.41. The summed E-state index contributed by atoms with van der Waals surface area (Å²) in [6, 6.07) is 0. The van der Waals surface area contributed by atoms with E-state index in [1.807, 2.05) is 0 Å². The van der Waals surface area contributed by atoms with Gasteiger partial charge in [0.1, 0.15) is 0 Å². The predicted molar refractivity (Wildman–Crippen MR) is 49.5 cm³/mol. The molecule has 2 rings (SSSR count). The zero-order chi connectivity index (χ0) is 8.55. The smallest absolute Gasteiger partial charge is 0.0900 e. The standard InChI is InChI=1S/C9H13NOS/c1-6-10-8-3-2-7(5-11)4-9(8)12-6/h7,11H,2-5H2,1H3. The Bertz CT molecular complexity index is 282. The van der Waals surface area contributed by atoms with Crippen LogP contribution in [0.15, 0.2) is 0 Å². The summed E-state index contributed by atoms with van der Waals surface area (Å²) in [7, 11) is 0. The Kier molecular flexibility index (Phi) is 2.15. The van der Waals surface area contributed by atoms with Crippen molar-refractivity contribution in [1.82, 2.24) is 4.98 Å². The quantitative estimate of drug-likeness (QED) is 0.716. The lowest BCUT2D eigenvalue weighted by Crippen LogP contribution is -2.16. The van der Waals surface area contributed by atoms with Gasteiger partial charge in [-0.05, 0) is 32.1 Å². The molecule has 0 bridgehead atoms. The fourth-order valence-electron chi connectivity index (χ4n) is 1.73. The van der Waals surface area contributed by atoms with E-state index in [1.165, 1.54) is 15.6 Å². The monoisotopic (exact) mass is 183 g/mol. The molecule has 1 aliphatic rings. The Morgan fingerprint density at radius 3 is 3.25 bits per heavy atom. The number of aliphatic hydroxyl groups excluding tert-OH is 1. The molecule has 0 saturated carbocycles. The number of rotatable bonds is 1. The van der Waals surface area contributed by atoms with Crippen molar-refractivity contribution in [3.8, 4) is 0 Å². The molecule has 1 aromatic heterocycles. The summed E-state index contributed by atoms with van der Waals surface area (Å²) in [5.41, 5.74) is 1.28. The average Bonchev–Trinajstić information content (AvgIpc) is 2.43. The summed E-state index contributed by atoms with van der Waals surface area (Å²) in [6.07, 6.45) is 3.20. The SMILES string of the molecule is Cc1nc2c(s1)CC(CO)CC2. The van der Waals surface area contributed by atoms with Crippen LogP contribution < -0.4 is 0 Å². The number of hydrogen-bond acceptors (Lipinski definition) is 3. The van der Waals surface area contributed by atoms with Gasteiger partial charge in [0.15, 0.2) is 0 Å². The number of aromatic nitrogens is 1. The van der Waals surface area contributed by atoms with E-state index in [4.69, 9.17) is 5.11 Å². The van der Waals surface area contributed by atoms with Crippen molar-refractivity contribution >= 4 is 11.3 Å². The van der Waals surface area contributed by atoms with Crippen molar-refractivity contribution in [2.45, 2.75) is 26.2 Å². The summed E-state index contributed by atoms with van der Waals surface area (Å²) < 4.78 is 0. The minimum absolute atomic E-state index is 0.330. The van der Waals surface area contributed by atoms with Gasteiger partial charge < -0.3 is 5.11 Å². The van der Waals surface area contributed by atoms with Crippen LogP contribution in [-0.2, 0) is 12.8 Å². The number of aryl methyl sites for hydroxylation is 2. The molecule has 1 atom stereocenters. The number of hydrogen-bond donors (Lipinski definition) is 1. The summed E-state index contributed by atoms with van der Waals surface area (Å²) in [5.74, 6) is 0.484. The highest BCUT2D eigenvalue weighted by molar-refractivity contribution is 7.11. The topological polar surface area (TPSA) is 33.1 Å². The maximum atomic E-state index is 9.01. The van der Waals surface area contributed by atoms with Crippen LogP contribution >= 0.6 is 11.3 Å². The van der Waals surface area contributed by atoms with Crippen molar-refractivity contribution in [1.29, 1.82) is 0 Å². The van der Waals surface area contributed by atoms with Crippen LogP contribution in [0.25, 0.3) is 0 Å². The van der Waals surface area contributed by atoms with E-state index in [9.17, 15) is 0 Å². The van der Waals surface area contributed by atoms with Gasteiger partial charge in [-0.15, -0.1) is 11.3 Å². The van der Waals surface area contributed by atoms with Crippen LogP contribution in [0.5, 0.6) is 0 Å². The number of fused-ring (bicyclic) bond motifs is 1. The third kappa shape index (κ3) is 1.39. The molecule has 1 aromatic rings. The van der Waals surface area contributed by atoms with E-state index >= 15 is 0 Å². The number of aliphatic hydroxyl groups is 1. The van der Waals surface area contributed by atoms with Crippen molar-refractivity contribution < 1.29 is 5.11 Å². The second-order valence-corrected chi connectivity index (χ2v) is 4.68. The molecule has 66 valence electrons. The second kappa shape index (κ2) is 3.15. The Balaban J connectivity index is 2.22. The van der Waals surface area contributed by atoms with Gasteiger partial charge in [0.25, 0.3) is 0 Å². The maximum absolute atomic E-state index is 9.01. The largest absolute Gasteiger partial charge is 0.396 e. The van der Waals surface area contributed by atoms with Crippen LogP contribution in [0, 0.1) is 12.8 Å². The van der Waals surface area contributed by atoms with Crippen LogP contribution in [0.1, 0.15) is 22.0 Å². The zero-order valence-electron chi connectivity index (χ0n) is 7.21. The van der Waals surface area contributed by atoms with Gasteiger partial charge in [0, 0.05) is 11.5 Å². The third-order valence-corrected chi connectivity index (χ3v) is 3.44. The first kappa shape index (κ1) is 8.20.